The van der Waals surface area contributed by atoms with Crippen molar-refractivity contribution in [1.82, 2.24) is 24.8 Å². The van der Waals surface area contributed by atoms with Crippen LogP contribution in [0, 0.1) is 0 Å². The van der Waals surface area contributed by atoms with Crippen LogP contribution in [0.25, 0.3) is 33.9 Å². The fourth-order valence-corrected chi connectivity index (χ4v) is 5.25. The van der Waals surface area contributed by atoms with Gasteiger partial charge in [-0.1, -0.05) is 51.4 Å². The Morgan fingerprint density at radius 1 is 1.00 bits per heavy atom. The van der Waals surface area contributed by atoms with Gasteiger partial charge in [-0.15, -0.1) is 13.2 Å². The summed E-state index contributed by atoms with van der Waals surface area (Å²) in [6.07, 6.45) is -2.69. The Morgan fingerprint density at radius 2 is 1.77 bits per heavy atom. The summed E-state index contributed by atoms with van der Waals surface area (Å²) in [6, 6.07) is 21.8. The first-order chi connectivity index (χ1) is 18.8. The molecule has 0 radical (unpaired) electrons. The SMILES string of the molecule is FC(F)(F)Oc1ccc(-c2noc(-c3nn(C4CCCN(Cc5ccc(Br)cc5)C4)c4ccccc34)n2)cc1. The third-order valence-corrected chi connectivity index (χ3v) is 7.26. The largest absolute Gasteiger partial charge is 0.573 e. The molecule has 0 amide bonds. The lowest BCUT2D eigenvalue weighted by Gasteiger charge is -2.33. The molecule has 1 unspecified atom stereocenters. The molecule has 0 bridgehead atoms. The average Bonchev–Trinajstić information content (AvgIpc) is 3.55. The number of piperidine rings is 1. The molecule has 1 atom stereocenters. The van der Waals surface area contributed by atoms with Crippen molar-refractivity contribution in [1.29, 1.82) is 0 Å². The second-order valence-corrected chi connectivity index (χ2v) is 10.4. The Balaban J connectivity index is 1.26. The van der Waals surface area contributed by atoms with Crippen LogP contribution in [0.4, 0.5) is 13.2 Å². The van der Waals surface area contributed by atoms with E-state index < -0.39 is 6.36 Å². The van der Waals surface area contributed by atoms with Gasteiger partial charge in [-0.05, 0) is 67.4 Å². The van der Waals surface area contributed by atoms with Gasteiger partial charge >= 0.3 is 6.36 Å². The van der Waals surface area contributed by atoms with Crippen molar-refractivity contribution in [3.8, 4) is 28.7 Å². The number of hydrogen-bond acceptors (Lipinski definition) is 6. The third kappa shape index (κ3) is 5.69. The van der Waals surface area contributed by atoms with E-state index in [2.05, 4.69) is 64.7 Å². The lowest BCUT2D eigenvalue weighted by molar-refractivity contribution is -0.274. The highest BCUT2D eigenvalue weighted by Crippen LogP contribution is 2.33. The molecule has 200 valence electrons. The third-order valence-electron chi connectivity index (χ3n) is 6.73. The zero-order valence-electron chi connectivity index (χ0n) is 20.6. The second kappa shape index (κ2) is 10.5. The zero-order valence-corrected chi connectivity index (χ0v) is 22.2. The van der Waals surface area contributed by atoms with E-state index in [1.807, 2.05) is 24.3 Å². The second-order valence-electron chi connectivity index (χ2n) is 9.46. The topological polar surface area (TPSA) is 69.2 Å². The molecule has 0 spiro atoms. The van der Waals surface area contributed by atoms with Crippen LogP contribution in [0.5, 0.6) is 5.75 Å². The summed E-state index contributed by atoms with van der Waals surface area (Å²) in [7, 11) is 0. The van der Waals surface area contributed by atoms with Crippen LogP contribution < -0.4 is 4.74 Å². The highest BCUT2D eigenvalue weighted by atomic mass is 79.9. The average molecular weight is 598 g/mol. The van der Waals surface area contributed by atoms with E-state index in [1.54, 1.807) is 0 Å². The molecular formula is C28H23BrF3N5O2. The summed E-state index contributed by atoms with van der Waals surface area (Å²) in [5.41, 5.74) is 3.32. The summed E-state index contributed by atoms with van der Waals surface area (Å²) in [5, 5.41) is 9.89. The summed E-state index contributed by atoms with van der Waals surface area (Å²) in [4.78, 5) is 6.96. The van der Waals surface area contributed by atoms with Crippen LogP contribution in [0.1, 0.15) is 24.4 Å². The zero-order chi connectivity index (χ0) is 27.0. The Morgan fingerprint density at radius 3 is 2.54 bits per heavy atom. The van der Waals surface area contributed by atoms with Gasteiger partial charge < -0.3 is 9.26 Å². The molecule has 1 fully saturated rings. The molecule has 39 heavy (non-hydrogen) atoms. The Hall–Kier alpha value is -3.70. The Kier molecular flexibility index (Phi) is 6.86. The molecule has 2 aromatic heterocycles. The number of alkyl halides is 3. The lowest BCUT2D eigenvalue weighted by Crippen LogP contribution is -2.36. The fourth-order valence-electron chi connectivity index (χ4n) is 4.99. The highest BCUT2D eigenvalue weighted by Gasteiger charge is 2.31. The van der Waals surface area contributed by atoms with Crippen molar-refractivity contribution < 1.29 is 22.4 Å². The van der Waals surface area contributed by atoms with E-state index in [0.717, 1.165) is 47.9 Å². The monoisotopic (exact) mass is 597 g/mol. The number of hydrogen-bond donors (Lipinski definition) is 0. The number of para-hydroxylation sites is 1. The number of ether oxygens (including phenoxy) is 1. The van der Waals surface area contributed by atoms with Gasteiger partial charge in [-0.25, -0.2) is 0 Å². The normalized spacial score (nSPS) is 16.6. The van der Waals surface area contributed by atoms with Crippen LogP contribution in [0.2, 0.25) is 0 Å². The van der Waals surface area contributed by atoms with Crippen molar-refractivity contribution in [2.24, 2.45) is 0 Å². The van der Waals surface area contributed by atoms with Crippen LogP contribution in [0.15, 0.2) is 81.8 Å². The maximum atomic E-state index is 12.5. The van der Waals surface area contributed by atoms with Gasteiger partial charge in [0.05, 0.1) is 11.6 Å². The number of likely N-dealkylation sites (tertiary alicyclic amines) is 1. The van der Waals surface area contributed by atoms with Crippen LogP contribution in [-0.2, 0) is 6.54 Å². The van der Waals surface area contributed by atoms with Crippen molar-refractivity contribution >= 4 is 26.8 Å². The van der Waals surface area contributed by atoms with Crippen LogP contribution >= 0.6 is 15.9 Å². The molecule has 6 rings (SSSR count). The van der Waals surface area contributed by atoms with Crippen LogP contribution in [0.3, 0.4) is 0 Å². The quantitative estimate of drug-likeness (QED) is 0.205. The van der Waals surface area contributed by atoms with E-state index in [0.29, 0.717) is 11.3 Å². The number of rotatable bonds is 6. The summed E-state index contributed by atoms with van der Waals surface area (Å²) >= 11 is 3.50. The smallest absolute Gasteiger partial charge is 0.406 e. The molecule has 11 heteroatoms. The number of nitrogens with zero attached hydrogens (tertiary/aromatic N) is 5. The minimum absolute atomic E-state index is 0.177. The molecule has 3 aromatic carbocycles. The standard InChI is InChI=1S/C28H23BrF3N5O2/c29-20-11-7-18(8-12-20)16-36-15-3-4-21(17-36)37-24-6-2-1-5-23(24)25(34-37)27-33-26(35-39-27)19-9-13-22(14-10-19)38-28(30,31)32/h1-2,5-14,21H,3-4,15-17H2. The minimum Gasteiger partial charge on any atom is -0.406 e. The van der Waals surface area contributed by atoms with Gasteiger partial charge in [-0.3, -0.25) is 9.58 Å². The molecule has 1 aliphatic heterocycles. The first-order valence-corrected chi connectivity index (χ1v) is 13.3. The fraction of sp³-hybridized carbons (Fsp3) is 0.250. The molecule has 0 N–H and O–H groups in total. The molecular weight excluding hydrogens is 575 g/mol. The molecule has 1 saturated heterocycles. The number of halogens is 4. The molecule has 1 aliphatic rings. The van der Waals surface area contributed by atoms with Gasteiger partial charge in [0.15, 0.2) is 5.69 Å². The summed E-state index contributed by atoms with van der Waals surface area (Å²) in [5.74, 6) is 0.181. The van der Waals surface area contributed by atoms with Crippen molar-refractivity contribution in [3.63, 3.8) is 0 Å². The maximum Gasteiger partial charge on any atom is 0.573 e. The first kappa shape index (κ1) is 25.6. The lowest BCUT2D eigenvalue weighted by atomic mass is 10.0. The van der Waals surface area contributed by atoms with Gasteiger partial charge in [0.2, 0.25) is 5.82 Å². The number of benzene rings is 3. The number of fused-ring (bicyclic) bond motifs is 1. The maximum absolute atomic E-state index is 12.5. The van der Waals surface area contributed by atoms with Crippen molar-refractivity contribution in [2.75, 3.05) is 13.1 Å². The van der Waals surface area contributed by atoms with Gasteiger partial charge in [0, 0.05) is 28.5 Å². The Labute approximate surface area is 230 Å². The summed E-state index contributed by atoms with van der Waals surface area (Å²) < 4.78 is 50.1. The van der Waals surface area contributed by atoms with E-state index >= 15 is 0 Å². The molecule has 5 aromatic rings. The van der Waals surface area contributed by atoms with E-state index in [4.69, 9.17) is 9.62 Å². The Bertz CT molecular complexity index is 1580. The predicted octanol–water partition coefficient (Wildman–Crippen LogP) is 7.25. The van der Waals surface area contributed by atoms with Gasteiger partial charge in [0.25, 0.3) is 5.89 Å². The predicted molar refractivity (Wildman–Crippen MR) is 143 cm³/mol. The van der Waals surface area contributed by atoms with Crippen molar-refractivity contribution in [3.05, 3.63) is 82.8 Å². The van der Waals surface area contributed by atoms with Crippen LogP contribution in [-0.4, -0.2) is 44.3 Å². The highest BCUT2D eigenvalue weighted by molar-refractivity contribution is 9.10. The first-order valence-electron chi connectivity index (χ1n) is 12.5. The summed E-state index contributed by atoms with van der Waals surface area (Å²) in [6.45, 7) is 2.76. The van der Waals surface area contributed by atoms with E-state index in [9.17, 15) is 13.2 Å². The molecule has 0 saturated carbocycles. The van der Waals surface area contributed by atoms with E-state index in [1.165, 1.54) is 29.8 Å². The van der Waals surface area contributed by atoms with Gasteiger partial charge in [0.1, 0.15) is 5.75 Å². The van der Waals surface area contributed by atoms with Crippen molar-refractivity contribution in [2.45, 2.75) is 31.8 Å². The number of aromatic nitrogens is 4. The minimum atomic E-state index is -4.75. The molecule has 7 nitrogen and oxygen atoms in total. The molecule has 0 aliphatic carbocycles. The molecule has 3 heterocycles. The van der Waals surface area contributed by atoms with Gasteiger partial charge in [-0.2, -0.15) is 10.1 Å². The van der Waals surface area contributed by atoms with E-state index in [-0.39, 0.29) is 23.5 Å².